The average molecular weight is 354 g/mol. The molecule has 0 fully saturated rings. The van der Waals surface area contributed by atoms with Crippen LogP contribution in [0, 0.1) is 11.3 Å². The summed E-state index contributed by atoms with van der Waals surface area (Å²) in [5.74, 6) is 0. The van der Waals surface area contributed by atoms with Crippen molar-refractivity contribution in [2.75, 3.05) is 18.4 Å². The molecule has 1 rings (SSSR count). The van der Waals surface area contributed by atoms with Gasteiger partial charge in [-0.2, -0.15) is 5.26 Å². The number of rotatable bonds is 5. The molecule has 0 aliphatic heterocycles. The van der Waals surface area contributed by atoms with E-state index in [0.717, 1.165) is 16.6 Å². The van der Waals surface area contributed by atoms with Gasteiger partial charge in [-0.15, -0.1) is 0 Å². The first-order chi connectivity index (χ1) is 9.81. The lowest BCUT2D eigenvalue weighted by Crippen LogP contribution is -2.33. The Morgan fingerprint density at radius 1 is 1.38 bits per heavy atom. The van der Waals surface area contributed by atoms with Crippen LogP contribution in [0.15, 0.2) is 22.7 Å². The van der Waals surface area contributed by atoms with Gasteiger partial charge in [-0.3, -0.25) is 0 Å². The first kappa shape index (κ1) is 17.3. The molecule has 0 unspecified atom stereocenters. The highest BCUT2D eigenvalue weighted by Gasteiger charge is 2.15. The van der Waals surface area contributed by atoms with Crippen molar-refractivity contribution in [3.8, 4) is 6.07 Å². The number of nitriles is 1. The number of carbonyl (C=O) groups is 1. The Hall–Kier alpha value is -1.74. The largest absolute Gasteiger partial charge is 0.444 e. The highest BCUT2D eigenvalue weighted by atomic mass is 79.9. The second-order valence-corrected chi connectivity index (χ2v) is 6.43. The van der Waals surface area contributed by atoms with Gasteiger partial charge in [-0.25, -0.2) is 4.79 Å². The summed E-state index contributed by atoms with van der Waals surface area (Å²) in [5, 5.41) is 14.9. The van der Waals surface area contributed by atoms with E-state index < -0.39 is 11.7 Å². The van der Waals surface area contributed by atoms with Gasteiger partial charge in [0.2, 0.25) is 0 Å². The summed E-state index contributed by atoms with van der Waals surface area (Å²) in [6.45, 7) is 6.64. The summed E-state index contributed by atoms with van der Waals surface area (Å²) >= 11 is 3.37. The van der Waals surface area contributed by atoms with Gasteiger partial charge in [-0.1, -0.05) is 15.9 Å². The zero-order chi connectivity index (χ0) is 15.9. The Bertz CT molecular complexity index is 533. The van der Waals surface area contributed by atoms with E-state index in [9.17, 15) is 4.79 Å². The Labute approximate surface area is 133 Å². The van der Waals surface area contributed by atoms with Crippen molar-refractivity contribution in [1.82, 2.24) is 5.32 Å². The predicted octanol–water partition coefficient (Wildman–Crippen LogP) is 3.65. The van der Waals surface area contributed by atoms with Crippen LogP contribution in [0.4, 0.5) is 10.5 Å². The number of amides is 1. The molecule has 0 spiro atoms. The molecule has 0 aliphatic carbocycles. The molecule has 0 saturated carbocycles. The molecule has 21 heavy (non-hydrogen) atoms. The van der Waals surface area contributed by atoms with Crippen LogP contribution in [0.25, 0.3) is 0 Å². The fraction of sp³-hybridized carbons (Fsp3) is 0.467. The molecule has 0 aliphatic rings. The van der Waals surface area contributed by atoms with Gasteiger partial charge < -0.3 is 15.4 Å². The van der Waals surface area contributed by atoms with Crippen molar-refractivity contribution in [2.45, 2.75) is 32.8 Å². The van der Waals surface area contributed by atoms with E-state index in [2.05, 4.69) is 32.6 Å². The second kappa shape index (κ2) is 7.89. The number of nitrogens with zero attached hydrogens (tertiary/aromatic N) is 1. The molecule has 0 aromatic heterocycles. The molecule has 0 saturated heterocycles. The Balaban J connectivity index is 2.31. The van der Waals surface area contributed by atoms with Crippen LogP contribution in [-0.4, -0.2) is 24.8 Å². The van der Waals surface area contributed by atoms with E-state index in [1.54, 1.807) is 6.07 Å². The Kier molecular flexibility index (Phi) is 6.50. The van der Waals surface area contributed by atoms with Crippen LogP contribution in [-0.2, 0) is 4.74 Å². The lowest BCUT2D eigenvalue weighted by atomic mass is 10.2. The first-order valence-electron chi connectivity index (χ1n) is 6.72. The highest BCUT2D eigenvalue weighted by molar-refractivity contribution is 9.10. The Morgan fingerprint density at radius 3 is 2.71 bits per heavy atom. The van der Waals surface area contributed by atoms with Crippen molar-refractivity contribution < 1.29 is 9.53 Å². The summed E-state index contributed by atoms with van der Waals surface area (Å²) < 4.78 is 6.05. The zero-order valence-electron chi connectivity index (χ0n) is 12.5. The third-order valence-corrected chi connectivity index (χ3v) is 2.93. The van der Waals surface area contributed by atoms with Crippen LogP contribution < -0.4 is 10.6 Å². The molecule has 0 radical (unpaired) electrons. The number of halogens is 1. The van der Waals surface area contributed by atoms with Gasteiger partial charge in [0, 0.05) is 17.6 Å². The molecule has 0 bridgehead atoms. The molecule has 0 heterocycles. The Morgan fingerprint density at radius 2 is 2.10 bits per heavy atom. The standard InChI is InChI=1S/C15H20BrN3O2/c1-15(2,3)21-14(20)19-8-4-7-18-13-9-12(16)6-5-11(13)10-17/h5-6,9,18H,4,7-8H2,1-3H3,(H,19,20). The van der Waals surface area contributed by atoms with Gasteiger partial charge in [0.1, 0.15) is 11.7 Å². The van der Waals surface area contributed by atoms with E-state index in [0.29, 0.717) is 18.7 Å². The van der Waals surface area contributed by atoms with Crippen LogP contribution in [0.2, 0.25) is 0 Å². The molecule has 1 aromatic rings. The molecular weight excluding hydrogens is 334 g/mol. The number of nitrogens with one attached hydrogen (secondary N) is 2. The predicted molar refractivity (Wildman–Crippen MR) is 86.2 cm³/mol. The topological polar surface area (TPSA) is 74.2 Å². The number of alkyl carbamates (subject to hydrolysis) is 1. The van der Waals surface area contributed by atoms with Crippen molar-refractivity contribution in [1.29, 1.82) is 5.26 Å². The minimum atomic E-state index is -0.486. The molecule has 5 nitrogen and oxygen atoms in total. The van der Waals surface area contributed by atoms with E-state index in [-0.39, 0.29) is 0 Å². The molecule has 114 valence electrons. The van der Waals surface area contributed by atoms with Crippen LogP contribution in [0.5, 0.6) is 0 Å². The van der Waals surface area contributed by atoms with Crippen LogP contribution >= 0.6 is 15.9 Å². The average Bonchev–Trinajstić information content (AvgIpc) is 2.36. The number of ether oxygens (including phenoxy) is 1. The fourth-order valence-corrected chi connectivity index (χ4v) is 1.94. The normalized spacial score (nSPS) is 10.6. The lowest BCUT2D eigenvalue weighted by molar-refractivity contribution is 0.0528. The van der Waals surface area contributed by atoms with Crippen molar-refractivity contribution in [2.24, 2.45) is 0 Å². The minimum absolute atomic E-state index is 0.414. The minimum Gasteiger partial charge on any atom is -0.444 e. The number of anilines is 1. The maximum atomic E-state index is 11.4. The van der Waals surface area contributed by atoms with Crippen LogP contribution in [0.1, 0.15) is 32.8 Å². The third kappa shape index (κ3) is 7.00. The summed E-state index contributed by atoms with van der Waals surface area (Å²) in [6.07, 6.45) is 0.319. The number of hydrogen-bond acceptors (Lipinski definition) is 4. The highest BCUT2D eigenvalue weighted by Crippen LogP contribution is 2.20. The van der Waals surface area contributed by atoms with E-state index in [1.807, 2.05) is 32.9 Å². The molecule has 1 aromatic carbocycles. The first-order valence-corrected chi connectivity index (χ1v) is 7.51. The smallest absolute Gasteiger partial charge is 0.407 e. The lowest BCUT2D eigenvalue weighted by Gasteiger charge is -2.19. The summed E-state index contributed by atoms with van der Waals surface area (Å²) in [6, 6.07) is 7.58. The molecule has 2 N–H and O–H groups in total. The van der Waals surface area contributed by atoms with E-state index in [4.69, 9.17) is 10.00 Å². The number of hydrogen-bond donors (Lipinski definition) is 2. The second-order valence-electron chi connectivity index (χ2n) is 5.51. The SMILES string of the molecule is CC(C)(C)OC(=O)NCCCNc1cc(Br)ccc1C#N. The summed E-state index contributed by atoms with van der Waals surface area (Å²) in [5.41, 5.74) is 0.891. The van der Waals surface area contributed by atoms with Gasteiger partial charge in [0.25, 0.3) is 0 Å². The fourth-order valence-electron chi connectivity index (χ4n) is 1.58. The van der Waals surface area contributed by atoms with Crippen molar-refractivity contribution in [3.63, 3.8) is 0 Å². The van der Waals surface area contributed by atoms with Gasteiger partial charge >= 0.3 is 6.09 Å². The summed E-state index contributed by atoms with van der Waals surface area (Å²) in [7, 11) is 0. The quantitative estimate of drug-likeness (QED) is 0.792. The number of benzene rings is 1. The van der Waals surface area contributed by atoms with E-state index >= 15 is 0 Å². The maximum Gasteiger partial charge on any atom is 0.407 e. The summed E-state index contributed by atoms with van der Waals surface area (Å²) in [4.78, 5) is 11.4. The van der Waals surface area contributed by atoms with Crippen molar-refractivity contribution >= 4 is 27.7 Å². The van der Waals surface area contributed by atoms with Gasteiger partial charge in [-0.05, 0) is 45.4 Å². The zero-order valence-corrected chi connectivity index (χ0v) is 14.1. The van der Waals surface area contributed by atoms with E-state index in [1.165, 1.54) is 0 Å². The molecular formula is C15H20BrN3O2. The van der Waals surface area contributed by atoms with Crippen LogP contribution in [0.3, 0.4) is 0 Å². The maximum absolute atomic E-state index is 11.4. The van der Waals surface area contributed by atoms with Gasteiger partial charge in [0.15, 0.2) is 0 Å². The van der Waals surface area contributed by atoms with Gasteiger partial charge in [0.05, 0.1) is 11.3 Å². The third-order valence-electron chi connectivity index (χ3n) is 2.44. The monoisotopic (exact) mass is 353 g/mol. The molecule has 6 heteroatoms. The van der Waals surface area contributed by atoms with Crippen molar-refractivity contribution in [3.05, 3.63) is 28.2 Å². The molecule has 1 amide bonds. The number of carbonyl (C=O) groups excluding carboxylic acids is 1. The molecule has 0 atom stereocenters.